The zero-order valence-corrected chi connectivity index (χ0v) is 14.7. The molecule has 2 N–H and O–H groups in total. The molecule has 0 bridgehead atoms. The summed E-state index contributed by atoms with van der Waals surface area (Å²) in [5.41, 5.74) is 1.09. The van der Waals surface area contributed by atoms with Crippen LogP contribution in [0.15, 0.2) is 23.6 Å². The maximum atomic E-state index is 12.4. The Hall–Kier alpha value is -2.81. The van der Waals surface area contributed by atoms with Crippen LogP contribution in [0.3, 0.4) is 0 Å². The molecule has 0 saturated carbocycles. The van der Waals surface area contributed by atoms with Crippen LogP contribution in [0.1, 0.15) is 10.5 Å². The molecule has 1 aliphatic heterocycles. The van der Waals surface area contributed by atoms with Crippen molar-refractivity contribution in [2.24, 2.45) is 0 Å². The molecule has 1 saturated heterocycles. The average molecular weight is 362 g/mol. The number of ether oxygens (including phenoxy) is 2. The number of piperazine rings is 1. The fourth-order valence-corrected chi connectivity index (χ4v) is 3.15. The third kappa shape index (κ3) is 3.82. The zero-order valence-electron chi connectivity index (χ0n) is 13.9. The van der Waals surface area contributed by atoms with E-state index in [4.69, 9.17) is 9.47 Å². The van der Waals surface area contributed by atoms with Crippen LogP contribution >= 0.6 is 11.3 Å². The van der Waals surface area contributed by atoms with Gasteiger partial charge in [-0.05, 0) is 12.1 Å². The van der Waals surface area contributed by atoms with E-state index in [0.717, 1.165) is 5.69 Å². The molecule has 0 radical (unpaired) electrons. The van der Waals surface area contributed by atoms with Crippen LogP contribution in [-0.2, 0) is 4.79 Å². The van der Waals surface area contributed by atoms with Gasteiger partial charge in [-0.2, -0.15) is 0 Å². The smallest absolute Gasteiger partial charge is 0.273 e. The van der Waals surface area contributed by atoms with E-state index in [9.17, 15) is 9.59 Å². The molecule has 2 aromatic rings. The molecule has 2 heterocycles. The number of amides is 2. The molecule has 0 spiro atoms. The van der Waals surface area contributed by atoms with Gasteiger partial charge in [0.25, 0.3) is 5.91 Å². The van der Waals surface area contributed by atoms with Gasteiger partial charge in [-0.25, -0.2) is 4.98 Å². The second kappa shape index (κ2) is 7.39. The minimum atomic E-state index is -0.244. The first-order valence-electron chi connectivity index (χ1n) is 7.61. The normalized spacial score (nSPS) is 14.0. The van der Waals surface area contributed by atoms with Crippen molar-refractivity contribution in [3.05, 3.63) is 29.3 Å². The van der Waals surface area contributed by atoms with Crippen molar-refractivity contribution < 1.29 is 19.1 Å². The quantitative estimate of drug-likeness (QED) is 0.837. The van der Waals surface area contributed by atoms with E-state index in [1.807, 2.05) is 6.07 Å². The molecule has 2 amide bonds. The molecular weight excluding hydrogens is 344 g/mol. The lowest BCUT2D eigenvalue weighted by Crippen LogP contribution is -2.50. The van der Waals surface area contributed by atoms with Gasteiger partial charge < -0.3 is 25.0 Å². The molecular formula is C16H18N4O4S. The van der Waals surface area contributed by atoms with Crippen molar-refractivity contribution in [3.63, 3.8) is 0 Å². The number of carbonyl (C=O) groups is 2. The highest BCUT2D eigenvalue weighted by Crippen LogP contribution is 2.31. The number of rotatable bonds is 5. The summed E-state index contributed by atoms with van der Waals surface area (Å²) in [6.07, 6.45) is 0. The fourth-order valence-electron chi connectivity index (χ4n) is 2.44. The lowest BCUT2D eigenvalue weighted by molar-refractivity contribution is -0.123. The molecule has 9 heteroatoms. The molecule has 1 aromatic heterocycles. The second-order valence-corrected chi connectivity index (χ2v) is 6.17. The summed E-state index contributed by atoms with van der Waals surface area (Å²) < 4.78 is 10.5. The topological polar surface area (TPSA) is 92.8 Å². The molecule has 3 rings (SSSR count). The Balaban J connectivity index is 1.71. The first kappa shape index (κ1) is 17.0. The van der Waals surface area contributed by atoms with E-state index in [1.54, 1.807) is 31.7 Å². The first-order valence-corrected chi connectivity index (χ1v) is 8.49. The van der Waals surface area contributed by atoms with Crippen LogP contribution in [0.4, 0.5) is 10.8 Å². The van der Waals surface area contributed by atoms with Crippen molar-refractivity contribution in [1.29, 1.82) is 0 Å². The van der Waals surface area contributed by atoms with Gasteiger partial charge in [-0.1, -0.05) is 0 Å². The Morgan fingerprint density at radius 1 is 1.32 bits per heavy atom. The molecule has 1 fully saturated rings. The second-order valence-electron chi connectivity index (χ2n) is 5.31. The summed E-state index contributed by atoms with van der Waals surface area (Å²) in [7, 11) is 3.14. The summed E-state index contributed by atoms with van der Waals surface area (Å²) in [5.74, 6) is 0.830. The van der Waals surface area contributed by atoms with E-state index in [0.29, 0.717) is 35.4 Å². The van der Waals surface area contributed by atoms with E-state index < -0.39 is 0 Å². The summed E-state index contributed by atoms with van der Waals surface area (Å²) in [4.78, 5) is 29.6. The summed E-state index contributed by atoms with van der Waals surface area (Å²) in [5, 5.41) is 8.09. The zero-order chi connectivity index (χ0) is 17.8. The fraction of sp³-hybridized carbons (Fsp3) is 0.312. The Labute approximate surface area is 148 Å². The number of hydrogen-bond acceptors (Lipinski definition) is 7. The van der Waals surface area contributed by atoms with Crippen molar-refractivity contribution in [3.8, 4) is 11.5 Å². The van der Waals surface area contributed by atoms with Gasteiger partial charge in [-0.3, -0.25) is 9.59 Å². The highest BCUT2D eigenvalue weighted by atomic mass is 32.1. The van der Waals surface area contributed by atoms with E-state index in [1.165, 1.54) is 16.2 Å². The first-order chi connectivity index (χ1) is 12.1. The summed E-state index contributed by atoms with van der Waals surface area (Å²) in [6, 6.07) is 5.41. The Bertz CT molecular complexity index is 792. The predicted octanol–water partition coefficient (Wildman–Crippen LogP) is 1.48. The van der Waals surface area contributed by atoms with Crippen LogP contribution in [0.25, 0.3) is 0 Å². The monoisotopic (exact) mass is 362 g/mol. The molecule has 8 nitrogen and oxygen atoms in total. The van der Waals surface area contributed by atoms with Crippen LogP contribution in [-0.4, -0.2) is 55.6 Å². The van der Waals surface area contributed by atoms with Crippen molar-refractivity contribution in [1.82, 2.24) is 15.2 Å². The van der Waals surface area contributed by atoms with Crippen molar-refractivity contribution in [2.45, 2.75) is 0 Å². The Morgan fingerprint density at radius 3 is 2.84 bits per heavy atom. The third-order valence-electron chi connectivity index (χ3n) is 3.68. The lowest BCUT2D eigenvalue weighted by atomic mass is 10.3. The number of thiazole rings is 1. The number of nitrogens with one attached hydrogen (secondary N) is 2. The van der Waals surface area contributed by atoms with E-state index >= 15 is 0 Å². The highest BCUT2D eigenvalue weighted by molar-refractivity contribution is 7.14. The lowest BCUT2D eigenvalue weighted by Gasteiger charge is -2.25. The van der Waals surface area contributed by atoms with Gasteiger partial charge in [-0.15, -0.1) is 11.3 Å². The van der Waals surface area contributed by atoms with Crippen LogP contribution < -0.4 is 20.1 Å². The predicted molar refractivity (Wildman–Crippen MR) is 93.9 cm³/mol. The molecule has 132 valence electrons. The number of hydrogen-bond donors (Lipinski definition) is 2. The third-order valence-corrected chi connectivity index (χ3v) is 4.44. The Morgan fingerprint density at radius 2 is 2.12 bits per heavy atom. The number of methoxy groups -OCH3 is 2. The van der Waals surface area contributed by atoms with E-state index in [-0.39, 0.29) is 18.4 Å². The van der Waals surface area contributed by atoms with Gasteiger partial charge >= 0.3 is 0 Å². The largest absolute Gasteiger partial charge is 0.493 e. The van der Waals surface area contributed by atoms with Crippen LogP contribution in [0.2, 0.25) is 0 Å². The number of aromatic nitrogens is 1. The molecule has 0 unspecified atom stereocenters. The van der Waals surface area contributed by atoms with Gasteiger partial charge in [0.15, 0.2) is 16.6 Å². The van der Waals surface area contributed by atoms with Gasteiger partial charge in [0, 0.05) is 30.2 Å². The van der Waals surface area contributed by atoms with E-state index in [2.05, 4.69) is 15.6 Å². The SMILES string of the molecule is COc1ccc(Nc2nc(C(=O)N3CCNC(=O)C3)cs2)cc1OC. The molecule has 1 aromatic carbocycles. The molecule has 0 aliphatic carbocycles. The average Bonchev–Trinajstić information content (AvgIpc) is 3.09. The minimum Gasteiger partial charge on any atom is -0.493 e. The van der Waals surface area contributed by atoms with Crippen molar-refractivity contribution in [2.75, 3.05) is 39.2 Å². The minimum absolute atomic E-state index is 0.0643. The standard InChI is InChI=1S/C16H18N4O4S/c1-23-12-4-3-10(7-13(12)24-2)18-16-19-11(9-25-16)15(22)20-6-5-17-14(21)8-20/h3-4,7,9H,5-6,8H2,1-2H3,(H,17,21)(H,18,19). The number of benzene rings is 1. The summed E-state index contributed by atoms with van der Waals surface area (Å²) in [6.45, 7) is 1.01. The molecule has 0 atom stereocenters. The highest BCUT2D eigenvalue weighted by Gasteiger charge is 2.24. The molecule has 1 aliphatic rings. The number of nitrogens with zero attached hydrogens (tertiary/aromatic N) is 2. The Kier molecular flexibility index (Phi) is 5.03. The number of carbonyl (C=O) groups excluding carboxylic acids is 2. The maximum absolute atomic E-state index is 12.4. The number of anilines is 2. The van der Waals surface area contributed by atoms with Gasteiger partial charge in [0.1, 0.15) is 5.69 Å². The molecule has 25 heavy (non-hydrogen) atoms. The summed E-state index contributed by atoms with van der Waals surface area (Å²) >= 11 is 1.32. The maximum Gasteiger partial charge on any atom is 0.273 e. The van der Waals surface area contributed by atoms with Crippen molar-refractivity contribution >= 4 is 34.0 Å². The van der Waals surface area contributed by atoms with Gasteiger partial charge in [0.05, 0.1) is 20.8 Å². The van der Waals surface area contributed by atoms with Gasteiger partial charge in [0.2, 0.25) is 5.91 Å². The van der Waals surface area contributed by atoms with Crippen LogP contribution in [0.5, 0.6) is 11.5 Å². The van der Waals surface area contributed by atoms with Crippen LogP contribution in [0, 0.1) is 0 Å².